The molecule has 0 saturated carbocycles. The number of fused-ring (bicyclic) bond motifs is 1. The summed E-state index contributed by atoms with van der Waals surface area (Å²) in [5, 5.41) is 2.94. The number of rotatable bonds is 6. The fraction of sp³-hybridized carbons (Fsp3) is 0.632. The summed E-state index contributed by atoms with van der Waals surface area (Å²) in [4.78, 5) is 12.4. The van der Waals surface area contributed by atoms with Gasteiger partial charge in [0.15, 0.2) is 11.5 Å². The van der Waals surface area contributed by atoms with E-state index in [1.807, 2.05) is 0 Å². The van der Waals surface area contributed by atoms with E-state index < -0.39 is 10.0 Å². The lowest BCUT2D eigenvalue weighted by molar-refractivity contribution is -0.126. The summed E-state index contributed by atoms with van der Waals surface area (Å²) in [6.07, 6.45) is 3.85. The minimum absolute atomic E-state index is 0.0380. The number of nitrogens with one attached hydrogen (secondary N) is 1. The molecule has 1 N–H and O–H groups in total. The number of hydrogen-bond acceptors (Lipinski definition) is 5. The van der Waals surface area contributed by atoms with E-state index in [9.17, 15) is 13.2 Å². The summed E-state index contributed by atoms with van der Waals surface area (Å²) in [6, 6.07) is 4.76. The Kier molecular flexibility index (Phi) is 6.59. The maximum Gasteiger partial charge on any atom is 0.243 e. The minimum atomic E-state index is -3.61. The minimum Gasteiger partial charge on any atom is -0.490 e. The molecule has 7 nitrogen and oxygen atoms in total. The van der Waals surface area contributed by atoms with Crippen LogP contribution in [-0.4, -0.2) is 51.5 Å². The van der Waals surface area contributed by atoms with Gasteiger partial charge in [-0.3, -0.25) is 4.79 Å². The lowest BCUT2D eigenvalue weighted by Gasteiger charge is -2.30. The van der Waals surface area contributed by atoms with Gasteiger partial charge in [-0.2, -0.15) is 4.31 Å². The molecule has 150 valence electrons. The van der Waals surface area contributed by atoms with Crippen LogP contribution in [0, 0.1) is 5.92 Å². The van der Waals surface area contributed by atoms with Gasteiger partial charge in [0.05, 0.1) is 18.1 Å². The van der Waals surface area contributed by atoms with Gasteiger partial charge in [0, 0.05) is 38.0 Å². The molecule has 2 aliphatic rings. The van der Waals surface area contributed by atoms with Gasteiger partial charge < -0.3 is 14.8 Å². The number of unbranched alkanes of at least 4 members (excludes halogenated alkanes) is 1. The molecule has 2 heterocycles. The van der Waals surface area contributed by atoms with Gasteiger partial charge in [-0.25, -0.2) is 8.42 Å². The Labute approximate surface area is 161 Å². The van der Waals surface area contributed by atoms with E-state index in [2.05, 4.69) is 12.2 Å². The van der Waals surface area contributed by atoms with Gasteiger partial charge in [-0.1, -0.05) is 13.3 Å². The van der Waals surface area contributed by atoms with Crippen molar-refractivity contribution in [1.29, 1.82) is 0 Å². The van der Waals surface area contributed by atoms with Crippen LogP contribution in [0.4, 0.5) is 0 Å². The van der Waals surface area contributed by atoms with Crippen LogP contribution in [-0.2, 0) is 14.8 Å². The van der Waals surface area contributed by atoms with Gasteiger partial charge in [0.1, 0.15) is 0 Å². The smallest absolute Gasteiger partial charge is 0.243 e. The van der Waals surface area contributed by atoms with Crippen molar-refractivity contribution in [3.05, 3.63) is 18.2 Å². The van der Waals surface area contributed by atoms with Crippen LogP contribution in [0.1, 0.15) is 39.0 Å². The molecule has 0 radical (unpaired) electrons. The Morgan fingerprint density at radius 3 is 2.59 bits per heavy atom. The van der Waals surface area contributed by atoms with Crippen LogP contribution in [0.5, 0.6) is 11.5 Å². The van der Waals surface area contributed by atoms with Crippen LogP contribution < -0.4 is 14.8 Å². The molecule has 0 bridgehead atoms. The third-order valence-electron chi connectivity index (χ3n) is 5.01. The monoisotopic (exact) mass is 396 g/mol. The first-order valence-electron chi connectivity index (χ1n) is 9.70. The average Bonchev–Trinajstić information content (AvgIpc) is 2.93. The lowest BCUT2D eigenvalue weighted by atomic mass is 9.97. The molecule has 0 atom stereocenters. The van der Waals surface area contributed by atoms with Gasteiger partial charge in [0.2, 0.25) is 15.9 Å². The summed E-state index contributed by atoms with van der Waals surface area (Å²) < 4.78 is 38.6. The molecule has 1 saturated heterocycles. The molecular formula is C19H28N2O5S. The Balaban J connectivity index is 1.63. The maximum atomic E-state index is 13.0. The van der Waals surface area contributed by atoms with Crippen LogP contribution in [0.3, 0.4) is 0 Å². The molecule has 1 fully saturated rings. The third kappa shape index (κ3) is 4.73. The fourth-order valence-corrected chi connectivity index (χ4v) is 4.83. The molecular weight excluding hydrogens is 368 g/mol. The highest BCUT2D eigenvalue weighted by atomic mass is 32.2. The molecule has 1 aromatic rings. The van der Waals surface area contributed by atoms with Gasteiger partial charge in [-0.05, 0) is 31.4 Å². The van der Waals surface area contributed by atoms with Crippen molar-refractivity contribution in [2.24, 2.45) is 5.92 Å². The summed E-state index contributed by atoms with van der Waals surface area (Å²) in [5.41, 5.74) is 0. The molecule has 1 aromatic carbocycles. The second kappa shape index (κ2) is 8.93. The van der Waals surface area contributed by atoms with E-state index in [1.54, 1.807) is 18.2 Å². The fourth-order valence-electron chi connectivity index (χ4n) is 3.34. The number of piperidine rings is 1. The molecule has 3 rings (SSSR count). The van der Waals surface area contributed by atoms with E-state index in [0.29, 0.717) is 57.2 Å². The summed E-state index contributed by atoms with van der Waals surface area (Å²) in [5.74, 6) is 0.973. The number of hydrogen-bond donors (Lipinski definition) is 1. The van der Waals surface area contributed by atoms with Crippen LogP contribution >= 0.6 is 0 Å². The van der Waals surface area contributed by atoms with Gasteiger partial charge >= 0.3 is 0 Å². The molecule has 0 aromatic heterocycles. The van der Waals surface area contributed by atoms with Gasteiger partial charge in [-0.15, -0.1) is 0 Å². The standard InChI is InChI=1S/C19H28N2O5S/c1-2-3-9-20-19(22)15-7-10-21(11-8-15)27(23,24)16-5-6-17-18(14-16)26-13-4-12-25-17/h5-6,14-15H,2-4,7-13H2,1H3,(H,20,22). The topological polar surface area (TPSA) is 84.9 Å². The first kappa shape index (κ1) is 19.9. The lowest BCUT2D eigenvalue weighted by Crippen LogP contribution is -2.43. The number of carbonyl (C=O) groups is 1. The molecule has 0 aliphatic carbocycles. The van der Waals surface area contributed by atoms with Crippen LogP contribution in [0.15, 0.2) is 23.1 Å². The van der Waals surface area contributed by atoms with Crippen molar-refractivity contribution < 1.29 is 22.7 Å². The number of nitrogens with zero attached hydrogens (tertiary/aromatic N) is 1. The molecule has 0 unspecified atom stereocenters. The second-order valence-corrected chi connectivity index (χ2v) is 8.92. The highest BCUT2D eigenvalue weighted by molar-refractivity contribution is 7.89. The van der Waals surface area contributed by atoms with Crippen LogP contribution in [0.2, 0.25) is 0 Å². The summed E-state index contributed by atoms with van der Waals surface area (Å²) in [6.45, 7) is 4.54. The molecule has 2 aliphatic heterocycles. The number of carbonyl (C=O) groups excluding carboxylic acids is 1. The summed E-state index contributed by atoms with van der Waals surface area (Å²) >= 11 is 0. The number of sulfonamides is 1. The predicted octanol–water partition coefficient (Wildman–Crippen LogP) is 2.16. The highest BCUT2D eigenvalue weighted by Crippen LogP contribution is 2.33. The molecule has 8 heteroatoms. The van der Waals surface area contributed by atoms with E-state index in [1.165, 1.54) is 4.31 Å². The Hall–Kier alpha value is -1.80. The first-order valence-corrected chi connectivity index (χ1v) is 11.1. The summed E-state index contributed by atoms with van der Waals surface area (Å²) in [7, 11) is -3.61. The van der Waals surface area contributed by atoms with Crippen molar-refractivity contribution in [3.63, 3.8) is 0 Å². The average molecular weight is 397 g/mol. The Morgan fingerprint density at radius 2 is 1.89 bits per heavy atom. The third-order valence-corrected chi connectivity index (χ3v) is 6.91. The SMILES string of the molecule is CCCCNC(=O)C1CCN(S(=O)(=O)c2ccc3c(c2)OCCCO3)CC1. The number of ether oxygens (including phenoxy) is 2. The Morgan fingerprint density at radius 1 is 1.19 bits per heavy atom. The maximum absolute atomic E-state index is 13.0. The van der Waals surface area contributed by atoms with Crippen molar-refractivity contribution >= 4 is 15.9 Å². The number of benzene rings is 1. The van der Waals surface area contributed by atoms with E-state index in [0.717, 1.165) is 19.3 Å². The normalized spacial score (nSPS) is 18.7. The van der Waals surface area contributed by atoms with Crippen molar-refractivity contribution in [1.82, 2.24) is 9.62 Å². The van der Waals surface area contributed by atoms with E-state index in [-0.39, 0.29) is 16.7 Å². The first-order chi connectivity index (χ1) is 13.0. The molecule has 27 heavy (non-hydrogen) atoms. The largest absolute Gasteiger partial charge is 0.490 e. The Bertz CT molecular complexity index is 757. The molecule has 0 spiro atoms. The van der Waals surface area contributed by atoms with Gasteiger partial charge in [0.25, 0.3) is 0 Å². The molecule has 1 amide bonds. The van der Waals surface area contributed by atoms with Crippen molar-refractivity contribution in [2.45, 2.75) is 43.9 Å². The zero-order chi connectivity index (χ0) is 19.3. The highest BCUT2D eigenvalue weighted by Gasteiger charge is 2.32. The van der Waals surface area contributed by atoms with Crippen molar-refractivity contribution in [3.8, 4) is 11.5 Å². The zero-order valence-electron chi connectivity index (χ0n) is 15.8. The van der Waals surface area contributed by atoms with Crippen molar-refractivity contribution in [2.75, 3.05) is 32.8 Å². The van der Waals surface area contributed by atoms with E-state index in [4.69, 9.17) is 9.47 Å². The second-order valence-electron chi connectivity index (χ2n) is 6.98. The van der Waals surface area contributed by atoms with Crippen LogP contribution in [0.25, 0.3) is 0 Å². The zero-order valence-corrected chi connectivity index (χ0v) is 16.6. The van der Waals surface area contributed by atoms with E-state index >= 15 is 0 Å². The number of amides is 1. The predicted molar refractivity (Wildman–Crippen MR) is 101 cm³/mol. The quantitative estimate of drug-likeness (QED) is 0.745.